The molecule has 2 saturated carbocycles. The highest BCUT2D eigenvalue weighted by atomic mass is 32.2. The average Bonchev–Trinajstić information content (AvgIpc) is 3.40. The quantitative estimate of drug-likeness (QED) is 0.179. The summed E-state index contributed by atoms with van der Waals surface area (Å²) < 4.78 is 44.8. The zero-order valence-electron chi connectivity index (χ0n) is 31.9. The number of amides is 2. The number of aryl methyl sites for hydroxylation is 1. The van der Waals surface area contributed by atoms with Gasteiger partial charge in [0.25, 0.3) is 0 Å². The van der Waals surface area contributed by atoms with Crippen molar-refractivity contribution in [1.29, 1.82) is 0 Å². The monoisotopic (exact) mass is 770 g/mol. The number of fused-ring (bicyclic) bond motifs is 1. The van der Waals surface area contributed by atoms with Crippen LogP contribution in [0.25, 0.3) is 0 Å². The van der Waals surface area contributed by atoms with E-state index in [1.54, 1.807) is 12.1 Å². The van der Waals surface area contributed by atoms with Crippen LogP contribution in [0.3, 0.4) is 0 Å². The Balaban J connectivity index is 1.52. The predicted octanol–water partition coefficient (Wildman–Crippen LogP) is 4.93. The molecule has 2 amide bonds. The van der Waals surface area contributed by atoms with E-state index in [0.717, 1.165) is 103 Å². The number of sulfonamides is 1. The number of benzene rings is 1. The van der Waals surface area contributed by atoms with Gasteiger partial charge in [-0.2, -0.15) is 4.31 Å². The molecule has 3 aliphatic rings. The fourth-order valence-electron chi connectivity index (χ4n) is 8.02. The van der Waals surface area contributed by atoms with E-state index in [0.29, 0.717) is 25.4 Å². The van der Waals surface area contributed by atoms with Crippen molar-refractivity contribution in [3.63, 3.8) is 0 Å². The number of unbranched alkanes of at least 4 members (excludes halogenated alkanes) is 3. The molecule has 2 heterocycles. The normalized spacial score (nSPS) is 20.9. The first kappa shape index (κ1) is 41.1. The third-order valence-corrected chi connectivity index (χ3v) is 13.0. The van der Waals surface area contributed by atoms with Crippen LogP contribution in [0, 0.1) is 31.1 Å². The summed E-state index contributed by atoms with van der Waals surface area (Å²) in [5, 5.41) is 5.71. The third-order valence-electron chi connectivity index (χ3n) is 11.1. The SMILES string of the molecule is C#CCN(C[C@@H]1[C@@H](OC(=O)NCC2CCCCC2)[C@@H](OC(=O)NCC2CCCCC2)Cn2c(=O)n(CCCCCC)c(=O)n21)S(=O)(=O)c1ccc(C)cc1. The summed E-state index contributed by atoms with van der Waals surface area (Å²) >= 11 is 0. The van der Waals surface area contributed by atoms with Crippen molar-refractivity contribution >= 4 is 22.2 Å². The number of carbonyl (C=O) groups excluding carboxylic acids is 2. The fourth-order valence-corrected chi connectivity index (χ4v) is 9.39. The molecule has 3 atom stereocenters. The van der Waals surface area contributed by atoms with E-state index in [-0.39, 0.29) is 30.4 Å². The number of terminal acetylenes is 1. The highest BCUT2D eigenvalue weighted by Gasteiger charge is 2.46. The molecule has 2 N–H and O–H groups in total. The lowest BCUT2D eigenvalue weighted by molar-refractivity contribution is -0.0717. The molecule has 2 fully saturated rings. The summed E-state index contributed by atoms with van der Waals surface area (Å²) in [7, 11) is -4.25. The van der Waals surface area contributed by atoms with Gasteiger partial charge in [0, 0.05) is 26.2 Å². The van der Waals surface area contributed by atoms with Crippen molar-refractivity contribution in [2.45, 2.75) is 140 Å². The number of alkyl carbamates (subject to hydrolysis) is 2. The molecule has 0 spiro atoms. The zero-order valence-corrected chi connectivity index (χ0v) is 32.7. The Morgan fingerprint density at radius 3 is 2.04 bits per heavy atom. The van der Waals surface area contributed by atoms with Gasteiger partial charge in [-0.25, -0.2) is 41.5 Å². The molecule has 0 saturated heterocycles. The topological polar surface area (TPSA) is 163 Å². The largest absolute Gasteiger partial charge is 0.440 e. The van der Waals surface area contributed by atoms with Gasteiger partial charge >= 0.3 is 23.6 Å². The van der Waals surface area contributed by atoms with E-state index in [9.17, 15) is 27.6 Å². The number of nitrogens with zero attached hydrogens (tertiary/aromatic N) is 4. The second-order valence-electron chi connectivity index (χ2n) is 15.2. The second-order valence-corrected chi connectivity index (χ2v) is 17.1. The molecular weight excluding hydrogens is 713 g/mol. The standard InChI is InChI=1S/C39H58N6O8S/c1-4-6-7-14-24-43-38(48)44-28-34(52-36(46)40-25-30-15-10-8-11-16-30)35(53-37(47)41-26-31-17-12-9-13-18-31)33(45(44)39(43)49)27-42(23-5-2)54(50,51)32-21-19-29(3)20-22-32/h2,19-22,30-31,33-35H,4,6-18,23-28H2,1,3H3,(H,40,46)(H,41,47)/t33-,34+,35-/m1/s1. The molecule has 1 aromatic carbocycles. The van der Waals surface area contributed by atoms with Gasteiger partial charge in [0.05, 0.1) is 18.0 Å². The lowest BCUT2D eigenvalue weighted by Crippen LogP contribution is -2.57. The Labute approximate surface area is 319 Å². The Kier molecular flexibility index (Phi) is 14.9. The van der Waals surface area contributed by atoms with Crippen LogP contribution in [0.1, 0.15) is 108 Å². The van der Waals surface area contributed by atoms with Crippen LogP contribution < -0.4 is 22.0 Å². The Morgan fingerprint density at radius 2 is 1.46 bits per heavy atom. The maximum absolute atomic E-state index is 14.2. The molecule has 1 aromatic heterocycles. The number of ether oxygens (including phenoxy) is 2. The molecule has 14 nitrogen and oxygen atoms in total. The van der Waals surface area contributed by atoms with Gasteiger partial charge < -0.3 is 20.1 Å². The van der Waals surface area contributed by atoms with E-state index in [1.807, 2.05) is 6.92 Å². The molecule has 2 aromatic rings. The molecule has 0 unspecified atom stereocenters. The molecule has 298 valence electrons. The lowest BCUT2D eigenvalue weighted by atomic mass is 9.89. The number of rotatable bonds is 16. The lowest BCUT2D eigenvalue weighted by Gasteiger charge is -2.39. The van der Waals surface area contributed by atoms with Crippen LogP contribution in [0.5, 0.6) is 0 Å². The predicted molar refractivity (Wildman–Crippen MR) is 205 cm³/mol. The van der Waals surface area contributed by atoms with Gasteiger partial charge in [-0.3, -0.25) is 0 Å². The zero-order chi connectivity index (χ0) is 38.7. The number of aromatic nitrogens is 3. The summed E-state index contributed by atoms with van der Waals surface area (Å²) in [5.41, 5.74) is -0.441. The van der Waals surface area contributed by atoms with Crippen LogP contribution >= 0.6 is 0 Å². The van der Waals surface area contributed by atoms with Gasteiger partial charge in [0.1, 0.15) is 6.04 Å². The van der Waals surface area contributed by atoms with Gasteiger partial charge in [0.2, 0.25) is 10.0 Å². The van der Waals surface area contributed by atoms with Gasteiger partial charge in [-0.15, -0.1) is 6.42 Å². The molecule has 15 heteroatoms. The van der Waals surface area contributed by atoms with Crippen LogP contribution in [-0.2, 0) is 32.6 Å². The minimum Gasteiger partial charge on any atom is -0.440 e. The van der Waals surface area contributed by atoms with Crippen molar-refractivity contribution in [2.75, 3.05) is 26.2 Å². The maximum Gasteiger partial charge on any atom is 0.407 e. The number of nitrogens with one attached hydrogen (secondary N) is 2. The molecule has 0 radical (unpaired) electrons. The van der Waals surface area contributed by atoms with Crippen molar-refractivity contribution in [1.82, 2.24) is 28.9 Å². The average molecular weight is 771 g/mol. The summed E-state index contributed by atoms with van der Waals surface area (Å²) in [6.07, 6.45) is 15.4. The van der Waals surface area contributed by atoms with Gasteiger partial charge in [-0.05, 0) is 63.0 Å². The van der Waals surface area contributed by atoms with Crippen LogP contribution in [0.2, 0.25) is 0 Å². The van der Waals surface area contributed by atoms with Crippen molar-refractivity contribution in [3.8, 4) is 12.3 Å². The van der Waals surface area contributed by atoms with Crippen molar-refractivity contribution in [3.05, 3.63) is 50.8 Å². The number of hydrogen-bond acceptors (Lipinski definition) is 8. The first-order chi connectivity index (χ1) is 26.0. The minimum atomic E-state index is -4.25. The van der Waals surface area contributed by atoms with E-state index >= 15 is 0 Å². The highest BCUT2D eigenvalue weighted by molar-refractivity contribution is 7.89. The molecule has 2 aliphatic carbocycles. The summed E-state index contributed by atoms with van der Waals surface area (Å²) in [5.74, 6) is 3.00. The molecule has 54 heavy (non-hydrogen) atoms. The first-order valence-corrected chi connectivity index (χ1v) is 21.3. The molecule has 1 aliphatic heterocycles. The first-order valence-electron chi connectivity index (χ1n) is 19.8. The Morgan fingerprint density at radius 1 is 0.870 bits per heavy atom. The van der Waals surface area contributed by atoms with Crippen molar-refractivity contribution in [2.24, 2.45) is 11.8 Å². The Bertz CT molecular complexity index is 1820. The Hall–Kier alpha value is -4.03. The summed E-state index contributed by atoms with van der Waals surface area (Å²) in [6, 6.07) is 4.99. The van der Waals surface area contributed by atoms with E-state index in [1.165, 1.54) is 16.8 Å². The van der Waals surface area contributed by atoms with E-state index < -0.39 is 58.4 Å². The smallest absolute Gasteiger partial charge is 0.407 e. The van der Waals surface area contributed by atoms with Crippen LogP contribution in [0.4, 0.5) is 9.59 Å². The second kappa shape index (κ2) is 19.5. The molecule has 0 bridgehead atoms. The highest BCUT2D eigenvalue weighted by Crippen LogP contribution is 2.29. The number of carbonyl (C=O) groups is 2. The fraction of sp³-hybridized carbons (Fsp3) is 0.692. The summed E-state index contributed by atoms with van der Waals surface area (Å²) in [4.78, 5) is 55.1. The van der Waals surface area contributed by atoms with Crippen LogP contribution in [-0.4, -0.2) is 77.2 Å². The summed E-state index contributed by atoms with van der Waals surface area (Å²) in [6.45, 7) is 3.72. The number of hydrogen-bond donors (Lipinski definition) is 2. The maximum atomic E-state index is 14.2. The van der Waals surface area contributed by atoms with Crippen molar-refractivity contribution < 1.29 is 27.5 Å². The molecular formula is C39H58N6O8S. The van der Waals surface area contributed by atoms with Gasteiger partial charge in [-0.1, -0.05) is 88.3 Å². The minimum absolute atomic E-state index is 0.0185. The third kappa shape index (κ3) is 10.4. The van der Waals surface area contributed by atoms with Gasteiger partial charge in [0.15, 0.2) is 12.2 Å². The van der Waals surface area contributed by atoms with Crippen LogP contribution in [0.15, 0.2) is 38.8 Å². The molecule has 5 rings (SSSR count). The van der Waals surface area contributed by atoms with E-state index in [2.05, 4.69) is 23.5 Å². The van der Waals surface area contributed by atoms with E-state index in [4.69, 9.17) is 15.9 Å².